The maximum absolute atomic E-state index is 5.59. The Labute approximate surface area is 102 Å². The zero-order valence-electron chi connectivity index (χ0n) is 10.3. The molecule has 2 rings (SSSR count). The second kappa shape index (κ2) is 4.99. The number of nitrogens with two attached hydrogens (primary N) is 1. The maximum Gasteiger partial charge on any atom is 0.0736 e. The molecule has 90 valence electrons. The summed E-state index contributed by atoms with van der Waals surface area (Å²) in [7, 11) is 3.84. The van der Waals surface area contributed by atoms with Crippen LogP contribution in [-0.2, 0) is 6.42 Å². The highest BCUT2D eigenvalue weighted by Gasteiger charge is 2.15. The van der Waals surface area contributed by atoms with Crippen LogP contribution in [-0.4, -0.2) is 31.8 Å². The van der Waals surface area contributed by atoms with E-state index in [1.54, 1.807) is 19.5 Å². The molecule has 1 aromatic heterocycles. The Morgan fingerprint density at radius 3 is 3.12 bits per heavy atom. The number of aliphatic imine (C=N–C) groups is 1. The average molecular weight is 230 g/mol. The molecule has 0 saturated carbocycles. The predicted molar refractivity (Wildman–Crippen MR) is 72.4 cm³/mol. The molecular formula is C13H18N4. The molecule has 2 N–H and O–H groups in total. The summed E-state index contributed by atoms with van der Waals surface area (Å²) in [5.74, 6) is 0. The molecule has 0 amide bonds. The van der Waals surface area contributed by atoms with Crippen molar-refractivity contribution in [3.8, 4) is 0 Å². The molecule has 1 aliphatic rings. The quantitative estimate of drug-likeness (QED) is 0.783. The molecule has 0 atom stereocenters. The molecule has 1 aromatic rings. The minimum atomic E-state index is 0.864. The fraction of sp³-hybridized carbons (Fsp3) is 0.385. The molecular weight excluding hydrogens is 212 g/mol. The van der Waals surface area contributed by atoms with Gasteiger partial charge in [0.15, 0.2) is 0 Å². The van der Waals surface area contributed by atoms with Crippen molar-refractivity contribution in [1.82, 2.24) is 4.98 Å². The number of aryl methyl sites for hydroxylation is 1. The smallest absolute Gasteiger partial charge is 0.0736 e. The third kappa shape index (κ3) is 2.30. The highest BCUT2D eigenvalue weighted by Crippen LogP contribution is 2.26. The van der Waals surface area contributed by atoms with E-state index in [1.807, 2.05) is 6.20 Å². The first-order valence-corrected chi connectivity index (χ1v) is 5.80. The van der Waals surface area contributed by atoms with Gasteiger partial charge in [-0.05, 0) is 24.5 Å². The molecule has 17 heavy (non-hydrogen) atoms. The number of allylic oxidation sites excluding steroid dienone is 1. The first kappa shape index (κ1) is 11.6. The van der Waals surface area contributed by atoms with E-state index in [1.165, 1.54) is 17.7 Å². The van der Waals surface area contributed by atoms with Gasteiger partial charge in [-0.15, -0.1) is 0 Å². The van der Waals surface area contributed by atoms with E-state index in [9.17, 15) is 0 Å². The van der Waals surface area contributed by atoms with Crippen LogP contribution in [0, 0.1) is 0 Å². The molecule has 0 bridgehead atoms. The Morgan fingerprint density at radius 1 is 1.59 bits per heavy atom. The van der Waals surface area contributed by atoms with Crippen molar-refractivity contribution in [1.29, 1.82) is 0 Å². The van der Waals surface area contributed by atoms with Gasteiger partial charge in [-0.2, -0.15) is 0 Å². The fourth-order valence-corrected chi connectivity index (χ4v) is 2.15. The van der Waals surface area contributed by atoms with E-state index in [0.29, 0.717) is 0 Å². The van der Waals surface area contributed by atoms with E-state index in [2.05, 4.69) is 28.0 Å². The Bertz CT molecular complexity index is 462. The van der Waals surface area contributed by atoms with Crippen molar-refractivity contribution in [3.63, 3.8) is 0 Å². The van der Waals surface area contributed by atoms with Crippen LogP contribution < -0.4 is 10.6 Å². The minimum absolute atomic E-state index is 0.864. The molecule has 0 aromatic carbocycles. The molecule has 4 nitrogen and oxygen atoms in total. The molecule has 1 aliphatic heterocycles. The lowest BCUT2D eigenvalue weighted by Gasteiger charge is -2.27. The van der Waals surface area contributed by atoms with Crippen molar-refractivity contribution < 1.29 is 0 Å². The second-order valence-electron chi connectivity index (χ2n) is 4.23. The lowest BCUT2D eigenvalue weighted by Crippen LogP contribution is -2.25. The summed E-state index contributed by atoms with van der Waals surface area (Å²) >= 11 is 0. The topological polar surface area (TPSA) is 54.5 Å². The lowest BCUT2D eigenvalue weighted by atomic mass is 10.0. The monoisotopic (exact) mass is 230 g/mol. The van der Waals surface area contributed by atoms with Gasteiger partial charge in [0.05, 0.1) is 17.6 Å². The molecule has 0 radical (unpaired) electrons. The summed E-state index contributed by atoms with van der Waals surface area (Å²) in [6.45, 7) is 1.10. The van der Waals surface area contributed by atoms with Gasteiger partial charge >= 0.3 is 0 Å². The average Bonchev–Trinajstić information content (AvgIpc) is 2.36. The number of fused-ring (bicyclic) bond motifs is 1. The van der Waals surface area contributed by atoms with Crippen LogP contribution in [0.3, 0.4) is 0 Å². The van der Waals surface area contributed by atoms with Gasteiger partial charge in [-0.3, -0.25) is 9.98 Å². The predicted octanol–water partition coefficient (Wildman–Crippen LogP) is 1.46. The van der Waals surface area contributed by atoms with Gasteiger partial charge in [0, 0.05) is 38.6 Å². The zero-order valence-corrected chi connectivity index (χ0v) is 10.3. The van der Waals surface area contributed by atoms with Crippen LogP contribution >= 0.6 is 0 Å². The van der Waals surface area contributed by atoms with Crippen LogP contribution in [0.15, 0.2) is 23.5 Å². The number of nitrogens with zero attached hydrogens (tertiary/aromatic N) is 3. The van der Waals surface area contributed by atoms with Crippen molar-refractivity contribution in [3.05, 3.63) is 29.7 Å². The van der Waals surface area contributed by atoms with Crippen LogP contribution in [0.1, 0.15) is 17.7 Å². The van der Waals surface area contributed by atoms with E-state index in [4.69, 9.17) is 5.73 Å². The van der Waals surface area contributed by atoms with E-state index < -0.39 is 0 Å². The SMILES string of the molecule is CN=C/C(=C\N)c1cc2c(cn1)N(C)CCC2. The lowest BCUT2D eigenvalue weighted by molar-refractivity contribution is 0.741. The highest BCUT2D eigenvalue weighted by molar-refractivity contribution is 6.08. The highest BCUT2D eigenvalue weighted by atomic mass is 15.1. The van der Waals surface area contributed by atoms with Gasteiger partial charge in [0.1, 0.15) is 0 Å². The Balaban J connectivity index is 2.39. The minimum Gasteiger partial charge on any atom is -0.404 e. The summed E-state index contributed by atoms with van der Waals surface area (Å²) in [6.07, 6.45) is 7.51. The van der Waals surface area contributed by atoms with Crippen molar-refractivity contribution >= 4 is 17.5 Å². The van der Waals surface area contributed by atoms with Crippen LogP contribution in [0.2, 0.25) is 0 Å². The largest absolute Gasteiger partial charge is 0.404 e. The van der Waals surface area contributed by atoms with Gasteiger partial charge in [-0.1, -0.05) is 0 Å². The molecule has 2 heterocycles. The normalized spacial score (nSPS) is 16.4. The molecule has 4 heteroatoms. The molecule has 0 spiro atoms. The Morgan fingerprint density at radius 2 is 2.41 bits per heavy atom. The summed E-state index contributed by atoms with van der Waals surface area (Å²) in [4.78, 5) is 10.7. The van der Waals surface area contributed by atoms with Gasteiger partial charge < -0.3 is 10.6 Å². The third-order valence-corrected chi connectivity index (χ3v) is 3.06. The van der Waals surface area contributed by atoms with Gasteiger partial charge in [0.2, 0.25) is 0 Å². The van der Waals surface area contributed by atoms with Gasteiger partial charge in [-0.25, -0.2) is 0 Å². The van der Waals surface area contributed by atoms with Crippen molar-refractivity contribution in [2.45, 2.75) is 12.8 Å². The number of hydrogen-bond donors (Lipinski definition) is 1. The second-order valence-corrected chi connectivity index (χ2v) is 4.23. The van der Waals surface area contributed by atoms with Crippen molar-refractivity contribution in [2.24, 2.45) is 10.7 Å². The number of pyridine rings is 1. The Hall–Kier alpha value is -1.84. The summed E-state index contributed by atoms with van der Waals surface area (Å²) in [5, 5.41) is 0. The first-order valence-electron chi connectivity index (χ1n) is 5.80. The number of aromatic nitrogens is 1. The van der Waals surface area contributed by atoms with Crippen LogP contribution in [0.25, 0.3) is 5.57 Å². The third-order valence-electron chi connectivity index (χ3n) is 3.06. The van der Waals surface area contributed by atoms with E-state index in [0.717, 1.165) is 24.2 Å². The summed E-state index contributed by atoms with van der Waals surface area (Å²) < 4.78 is 0. The Kier molecular flexibility index (Phi) is 3.42. The summed E-state index contributed by atoms with van der Waals surface area (Å²) in [5.41, 5.74) is 9.92. The van der Waals surface area contributed by atoms with Crippen molar-refractivity contribution in [2.75, 3.05) is 25.5 Å². The number of hydrogen-bond acceptors (Lipinski definition) is 4. The molecule has 0 fully saturated rings. The number of anilines is 1. The van der Waals surface area contributed by atoms with E-state index in [-0.39, 0.29) is 0 Å². The van der Waals surface area contributed by atoms with Crippen LogP contribution in [0.5, 0.6) is 0 Å². The standard InChI is InChI=1S/C13H18N4/c1-15-8-11(7-14)12-6-10-4-3-5-17(2)13(10)9-16-12/h6-9H,3-5,14H2,1-2H3/b11-7+,15-8?. The number of rotatable bonds is 2. The molecule has 0 unspecified atom stereocenters. The summed E-state index contributed by atoms with van der Waals surface area (Å²) in [6, 6.07) is 2.12. The fourth-order valence-electron chi connectivity index (χ4n) is 2.15. The van der Waals surface area contributed by atoms with Gasteiger partial charge in [0.25, 0.3) is 0 Å². The molecule has 0 aliphatic carbocycles. The van der Waals surface area contributed by atoms with E-state index >= 15 is 0 Å². The molecule has 0 saturated heterocycles. The zero-order chi connectivity index (χ0) is 12.3. The van der Waals surface area contributed by atoms with Crippen LogP contribution in [0.4, 0.5) is 5.69 Å². The first-order chi connectivity index (χ1) is 8.26. The maximum atomic E-state index is 5.59.